The lowest BCUT2D eigenvalue weighted by molar-refractivity contribution is 0.368. The van der Waals surface area contributed by atoms with E-state index in [9.17, 15) is 0 Å². The van der Waals surface area contributed by atoms with Gasteiger partial charge in [0.25, 0.3) is 0 Å². The number of allylic oxidation sites excluding steroid dienone is 1. The van der Waals surface area contributed by atoms with Crippen LogP contribution in [0.25, 0.3) is 0 Å². The highest BCUT2D eigenvalue weighted by atomic mass is 15.1. The highest BCUT2D eigenvalue weighted by Crippen LogP contribution is 2.21. The van der Waals surface area contributed by atoms with E-state index in [-0.39, 0.29) is 0 Å². The van der Waals surface area contributed by atoms with E-state index >= 15 is 0 Å². The minimum Gasteiger partial charge on any atom is -0.375 e. The van der Waals surface area contributed by atoms with Crippen LogP contribution in [0.2, 0.25) is 0 Å². The number of nitrogens with zero attached hydrogens (tertiary/aromatic N) is 1. The molecule has 1 rings (SSSR count). The van der Waals surface area contributed by atoms with Crippen LogP contribution in [0, 0.1) is 5.92 Å². The van der Waals surface area contributed by atoms with Crippen LogP contribution in [0.15, 0.2) is 12.3 Å². The van der Waals surface area contributed by atoms with Gasteiger partial charge in [0.2, 0.25) is 0 Å². The topological polar surface area (TPSA) is 3.24 Å². The van der Waals surface area contributed by atoms with Crippen molar-refractivity contribution < 1.29 is 0 Å². The fourth-order valence-electron chi connectivity index (χ4n) is 1.55. The molecule has 1 fully saturated rings. The quantitative estimate of drug-likeness (QED) is 0.602. The second-order valence-corrected chi connectivity index (χ2v) is 3.49. The predicted octanol–water partition coefficient (Wildman–Crippen LogP) is 2.64. The van der Waals surface area contributed by atoms with Crippen LogP contribution < -0.4 is 0 Å². The van der Waals surface area contributed by atoms with Crippen molar-refractivity contribution in [1.29, 1.82) is 0 Å². The summed E-state index contributed by atoms with van der Waals surface area (Å²) in [5, 5.41) is 0. The molecule has 1 nitrogen and oxygen atoms in total. The van der Waals surface area contributed by atoms with E-state index in [1.54, 1.807) is 0 Å². The fraction of sp³-hybridized carbons (Fsp3) is 0.800. The van der Waals surface area contributed by atoms with E-state index in [1.165, 1.54) is 38.0 Å². The molecule has 1 heterocycles. The highest BCUT2D eigenvalue weighted by molar-refractivity contribution is 4.99. The highest BCUT2D eigenvalue weighted by Gasteiger charge is 2.16. The van der Waals surface area contributed by atoms with Gasteiger partial charge >= 0.3 is 0 Å². The van der Waals surface area contributed by atoms with E-state index in [4.69, 9.17) is 0 Å². The zero-order valence-electron chi connectivity index (χ0n) is 7.77. The second kappa shape index (κ2) is 3.80. The van der Waals surface area contributed by atoms with Gasteiger partial charge in [-0.1, -0.05) is 20.4 Å². The van der Waals surface area contributed by atoms with Crippen LogP contribution in [0.1, 0.15) is 33.1 Å². The van der Waals surface area contributed by atoms with Crippen molar-refractivity contribution >= 4 is 0 Å². The van der Waals surface area contributed by atoms with E-state index in [0.717, 1.165) is 0 Å². The van der Waals surface area contributed by atoms with Gasteiger partial charge in [0.05, 0.1) is 0 Å². The summed E-state index contributed by atoms with van der Waals surface area (Å²) in [7, 11) is 0. The number of likely N-dealkylation sites (tertiary alicyclic amines) is 1. The molecule has 64 valence electrons. The molecule has 0 saturated carbocycles. The third-order valence-corrected chi connectivity index (χ3v) is 2.69. The van der Waals surface area contributed by atoms with Crippen molar-refractivity contribution in [2.75, 3.05) is 13.1 Å². The molecule has 1 aliphatic heterocycles. The molecule has 0 aromatic carbocycles. The zero-order valence-corrected chi connectivity index (χ0v) is 7.77. The first-order valence-electron chi connectivity index (χ1n) is 4.69. The van der Waals surface area contributed by atoms with Crippen molar-refractivity contribution in [3.05, 3.63) is 12.3 Å². The van der Waals surface area contributed by atoms with E-state index in [1.807, 2.05) is 0 Å². The van der Waals surface area contributed by atoms with Crippen molar-refractivity contribution in [3.63, 3.8) is 0 Å². The largest absolute Gasteiger partial charge is 0.375 e. The average Bonchev–Trinajstić information content (AvgIpc) is 2.53. The summed E-state index contributed by atoms with van der Waals surface area (Å²) in [6, 6.07) is 0. The molecular formula is C10H19N. The monoisotopic (exact) mass is 153 g/mol. The fourth-order valence-corrected chi connectivity index (χ4v) is 1.55. The lowest BCUT2D eigenvalue weighted by Gasteiger charge is -2.24. The number of hydrogen-bond donors (Lipinski definition) is 0. The molecule has 1 atom stereocenters. The molecule has 1 unspecified atom stereocenters. The van der Waals surface area contributed by atoms with Crippen LogP contribution in [-0.2, 0) is 0 Å². The van der Waals surface area contributed by atoms with Gasteiger partial charge in [0.15, 0.2) is 0 Å². The normalized spacial score (nSPS) is 20.4. The second-order valence-electron chi connectivity index (χ2n) is 3.49. The summed E-state index contributed by atoms with van der Waals surface area (Å²) in [4.78, 5) is 2.44. The van der Waals surface area contributed by atoms with Crippen molar-refractivity contribution in [2.24, 2.45) is 5.92 Å². The molecule has 0 radical (unpaired) electrons. The molecule has 0 N–H and O–H groups in total. The Balaban J connectivity index is 2.39. The summed E-state index contributed by atoms with van der Waals surface area (Å²) < 4.78 is 0. The van der Waals surface area contributed by atoms with Gasteiger partial charge in [-0.3, -0.25) is 0 Å². The first-order chi connectivity index (χ1) is 5.25. The summed E-state index contributed by atoms with van der Waals surface area (Å²) in [5.74, 6) is 0.674. The molecule has 0 aliphatic carbocycles. The van der Waals surface area contributed by atoms with Gasteiger partial charge in [0.1, 0.15) is 0 Å². The molecule has 1 aliphatic rings. The lowest BCUT2D eigenvalue weighted by Crippen LogP contribution is -2.21. The van der Waals surface area contributed by atoms with Crippen molar-refractivity contribution in [1.82, 2.24) is 4.90 Å². The third-order valence-electron chi connectivity index (χ3n) is 2.69. The first-order valence-corrected chi connectivity index (χ1v) is 4.69. The Labute approximate surface area is 70.1 Å². The summed E-state index contributed by atoms with van der Waals surface area (Å²) in [5.41, 5.74) is 1.35. The maximum Gasteiger partial charge on any atom is 0.0175 e. The first kappa shape index (κ1) is 8.63. The summed E-state index contributed by atoms with van der Waals surface area (Å²) in [6.07, 6.45) is 3.93. The predicted molar refractivity (Wildman–Crippen MR) is 49.4 cm³/mol. The van der Waals surface area contributed by atoms with Gasteiger partial charge in [-0.2, -0.15) is 0 Å². The minimum atomic E-state index is 0.674. The van der Waals surface area contributed by atoms with Gasteiger partial charge < -0.3 is 4.90 Å². The molecule has 11 heavy (non-hydrogen) atoms. The lowest BCUT2D eigenvalue weighted by atomic mass is 10.1. The average molecular weight is 153 g/mol. The Morgan fingerprint density at radius 2 is 2.00 bits per heavy atom. The minimum absolute atomic E-state index is 0.674. The van der Waals surface area contributed by atoms with Crippen LogP contribution in [-0.4, -0.2) is 18.0 Å². The van der Waals surface area contributed by atoms with Crippen molar-refractivity contribution in [2.45, 2.75) is 33.1 Å². The standard InChI is InChI=1S/C10H19N/c1-4-9(2)10(3)11-7-5-6-8-11/h9H,3-8H2,1-2H3. The Hall–Kier alpha value is -0.460. The third kappa shape index (κ3) is 1.98. The van der Waals surface area contributed by atoms with E-state index in [0.29, 0.717) is 5.92 Å². The SMILES string of the molecule is C=C(C(C)CC)N1CCCC1. The van der Waals surface area contributed by atoms with Crippen LogP contribution in [0.3, 0.4) is 0 Å². The molecule has 0 aromatic rings. The maximum absolute atomic E-state index is 4.13. The smallest absolute Gasteiger partial charge is 0.0175 e. The molecule has 0 bridgehead atoms. The number of rotatable bonds is 3. The molecule has 1 saturated heterocycles. The molecule has 0 aromatic heterocycles. The Morgan fingerprint density at radius 3 is 2.45 bits per heavy atom. The van der Waals surface area contributed by atoms with Gasteiger partial charge in [-0.15, -0.1) is 0 Å². The van der Waals surface area contributed by atoms with E-state index < -0.39 is 0 Å². The zero-order chi connectivity index (χ0) is 8.27. The van der Waals surface area contributed by atoms with Gasteiger partial charge in [-0.05, 0) is 25.2 Å². The van der Waals surface area contributed by atoms with Crippen LogP contribution >= 0.6 is 0 Å². The Kier molecular flexibility index (Phi) is 2.98. The maximum atomic E-state index is 4.13. The summed E-state index contributed by atoms with van der Waals surface area (Å²) >= 11 is 0. The van der Waals surface area contributed by atoms with Crippen molar-refractivity contribution in [3.8, 4) is 0 Å². The number of hydrogen-bond acceptors (Lipinski definition) is 1. The Bertz CT molecular complexity index is 134. The van der Waals surface area contributed by atoms with E-state index in [2.05, 4.69) is 25.3 Å². The molecule has 0 amide bonds. The molecule has 0 spiro atoms. The van der Waals surface area contributed by atoms with Gasteiger partial charge in [0, 0.05) is 18.8 Å². The summed E-state index contributed by atoms with van der Waals surface area (Å²) in [6.45, 7) is 11.1. The Morgan fingerprint density at radius 1 is 1.45 bits per heavy atom. The van der Waals surface area contributed by atoms with Crippen LogP contribution in [0.4, 0.5) is 0 Å². The van der Waals surface area contributed by atoms with Gasteiger partial charge in [-0.25, -0.2) is 0 Å². The molecular weight excluding hydrogens is 134 g/mol. The van der Waals surface area contributed by atoms with Crippen LogP contribution in [0.5, 0.6) is 0 Å². The molecule has 1 heteroatoms.